The molecule has 0 aliphatic heterocycles. The molecule has 1 unspecified atom stereocenters. The number of amides is 1. The maximum absolute atomic E-state index is 14.4. The van der Waals surface area contributed by atoms with E-state index in [0.29, 0.717) is 5.92 Å². The van der Waals surface area contributed by atoms with Crippen molar-refractivity contribution in [1.29, 1.82) is 0 Å². The summed E-state index contributed by atoms with van der Waals surface area (Å²) in [4.78, 5) is 13.0. The van der Waals surface area contributed by atoms with Gasteiger partial charge in [0, 0.05) is 4.88 Å². The standard InChI is InChI=1S/C22H29FN2O3S2/c1-12(2)15-8-13(3)9-16(14-6-7-14)17(15)10-20(26)25-30(24,28)21-18(23)11-19(29-21)22(4,5)27/h8-9,11-12,14,27H,6-7,10H2,1-5H3,(H2,24,25,26,28). The Labute approximate surface area is 181 Å². The molecule has 1 heterocycles. The zero-order chi connectivity index (χ0) is 22.4. The molecule has 1 aliphatic carbocycles. The monoisotopic (exact) mass is 452 g/mol. The second kappa shape index (κ2) is 8.15. The first-order valence-electron chi connectivity index (χ1n) is 10.0. The van der Waals surface area contributed by atoms with E-state index in [1.54, 1.807) is 0 Å². The van der Waals surface area contributed by atoms with E-state index in [1.165, 1.54) is 13.8 Å². The number of rotatable bonds is 6. The minimum absolute atomic E-state index is 0.0147. The molecule has 0 radical (unpaired) electrons. The van der Waals surface area contributed by atoms with Gasteiger partial charge in [0.25, 0.3) is 5.91 Å². The number of thiophene rings is 1. The maximum atomic E-state index is 14.4. The predicted molar refractivity (Wildman–Crippen MR) is 118 cm³/mol. The van der Waals surface area contributed by atoms with Crippen LogP contribution in [0.25, 0.3) is 0 Å². The summed E-state index contributed by atoms with van der Waals surface area (Å²) in [6, 6.07) is 5.28. The van der Waals surface area contributed by atoms with E-state index in [0.717, 1.165) is 52.5 Å². The van der Waals surface area contributed by atoms with Gasteiger partial charge in [-0.25, -0.2) is 13.7 Å². The lowest BCUT2D eigenvalue weighted by atomic mass is 9.87. The van der Waals surface area contributed by atoms with Gasteiger partial charge < -0.3 is 5.11 Å². The summed E-state index contributed by atoms with van der Waals surface area (Å²) in [7, 11) is -3.75. The Hall–Kier alpha value is -1.61. The maximum Gasteiger partial charge on any atom is 0.259 e. The molecule has 0 spiro atoms. The summed E-state index contributed by atoms with van der Waals surface area (Å²) >= 11 is 0.778. The fraction of sp³-hybridized carbons (Fsp3) is 0.500. The van der Waals surface area contributed by atoms with Crippen LogP contribution < -0.4 is 5.14 Å². The number of hydrogen-bond acceptors (Lipinski definition) is 4. The summed E-state index contributed by atoms with van der Waals surface area (Å²) in [6.07, 6.45) is 2.17. The van der Waals surface area contributed by atoms with Gasteiger partial charge >= 0.3 is 0 Å². The highest BCUT2D eigenvalue weighted by atomic mass is 32.2. The Bertz CT molecular complexity index is 1080. The zero-order valence-corrected chi connectivity index (χ0v) is 19.6. The number of aliphatic hydroxyl groups is 1. The molecule has 5 nitrogen and oxygen atoms in total. The molecule has 1 atom stereocenters. The molecule has 3 N–H and O–H groups in total. The second-order valence-corrected chi connectivity index (χ2v) is 11.9. The minimum atomic E-state index is -3.75. The van der Waals surface area contributed by atoms with E-state index in [-0.39, 0.29) is 21.4 Å². The van der Waals surface area contributed by atoms with Crippen LogP contribution in [0.5, 0.6) is 0 Å². The van der Waals surface area contributed by atoms with Gasteiger partial charge in [-0.3, -0.25) is 4.79 Å². The van der Waals surface area contributed by atoms with E-state index >= 15 is 0 Å². The first-order valence-corrected chi connectivity index (χ1v) is 12.4. The van der Waals surface area contributed by atoms with Crippen LogP contribution in [0.15, 0.2) is 26.8 Å². The smallest absolute Gasteiger partial charge is 0.259 e. The quantitative estimate of drug-likeness (QED) is 0.653. The highest BCUT2D eigenvalue weighted by Gasteiger charge is 2.30. The fourth-order valence-electron chi connectivity index (χ4n) is 3.58. The summed E-state index contributed by atoms with van der Waals surface area (Å²) in [5.74, 6) is -0.793. The molecule has 164 valence electrons. The first kappa shape index (κ1) is 23.1. The number of carbonyl (C=O) groups excluding carboxylic acids is 1. The first-order chi connectivity index (χ1) is 13.8. The van der Waals surface area contributed by atoms with Crippen molar-refractivity contribution >= 4 is 27.2 Å². The molecule has 1 amide bonds. The van der Waals surface area contributed by atoms with Gasteiger partial charge in [-0.1, -0.05) is 31.5 Å². The molecular formula is C22H29FN2O3S2. The van der Waals surface area contributed by atoms with E-state index in [1.807, 2.05) is 6.92 Å². The SMILES string of the molecule is Cc1cc(C(C)C)c(CC(=O)N=S(N)(=O)c2sc(C(C)(C)O)cc2F)c(C2CC2)c1. The summed E-state index contributed by atoms with van der Waals surface area (Å²) in [6.45, 7) is 9.17. The molecule has 1 fully saturated rings. The van der Waals surface area contributed by atoms with Crippen molar-refractivity contribution in [3.8, 4) is 0 Å². The molecule has 8 heteroatoms. The Morgan fingerprint density at radius 1 is 1.37 bits per heavy atom. The van der Waals surface area contributed by atoms with Crippen molar-refractivity contribution in [2.24, 2.45) is 9.50 Å². The van der Waals surface area contributed by atoms with E-state index in [4.69, 9.17) is 5.14 Å². The number of hydrogen-bond donors (Lipinski definition) is 2. The number of aryl methyl sites for hydroxylation is 1. The third-order valence-electron chi connectivity index (χ3n) is 5.19. The lowest BCUT2D eigenvalue weighted by Crippen LogP contribution is -2.17. The molecule has 1 saturated carbocycles. The topological polar surface area (TPSA) is 92.8 Å². The molecular weight excluding hydrogens is 423 g/mol. The van der Waals surface area contributed by atoms with Crippen molar-refractivity contribution < 1.29 is 18.5 Å². The molecule has 0 bridgehead atoms. The van der Waals surface area contributed by atoms with E-state index in [2.05, 4.69) is 30.3 Å². The molecule has 1 aromatic heterocycles. The van der Waals surface area contributed by atoms with Crippen LogP contribution in [0.4, 0.5) is 4.39 Å². The summed E-state index contributed by atoms with van der Waals surface area (Å²) in [5.41, 5.74) is 2.99. The molecule has 1 aromatic carbocycles. The van der Waals surface area contributed by atoms with Crippen LogP contribution in [0, 0.1) is 12.7 Å². The second-order valence-electron chi connectivity index (χ2n) is 8.89. The average Bonchev–Trinajstić information content (AvgIpc) is 3.35. The minimum Gasteiger partial charge on any atom is -0.385 e. The van der Waals surface area contributed by atoms with Crippen molar-refractivity contribution in [1.82, 2.24) is 0 Å². The lowest BCUT2D eigenvalue weighted by Gasteiger charge is -2.18. The van der Waals surface area contributed by atoms with E-state index in [9.17, 15) is 18.5 Å². The Balaban J connectivity index is 1.98. The van der Waals surface area contributed by atoms with Crippen LogP contribution in [0.1, 0.15) is 79.5 Å². The van der Waals surface area contributed by atoms with Gasteiger partial charge in [0.15, 0.2) is 19.9 Å². The third-order valence-corrected chi connectivity index (χ3v) is 8.58. The van der Waals surface area contributed by atoms with Gasteiger partial charge in [-0.15, -0.1) is 15.7 Å². The number of halogens is 1. The number of benzene rings is 1. The Kier molecular flexibility index (Phi) is 6.26. The third kappa shape index (κ3) is 4.99. The largest absolute Gasteiger partial charge is 0.385 e. The van der Waals surface area contributed by atoms with Crippen LogP contribution in [0.3, 0.4) is 0 Å². The molecule has 0 saturated heterocycles. The molecule has 1 aliphatic rings. The summed E-state index contributed by atoms with van der Waals surface area (Å²) < 4.78 is 30.7. The summed E-state index contributed by atoms with van der Waals surface area (Å²) in [5, 5.41) is 15.9. The van der Waals surface area contributed by atoms with Gasteiger partial charge in [0.1, 0.15) is 0 Å². The number of nitrogens with two attached hydrogens (primary N) is 1. The number of carbonyl (C=O) groups is 1. The van der Waals surface area contributed by atoms with Crippen LogP contribution in [0.2, 0.25) is 0 Å². The molecule has 2 aromatic rings. The molecule has 3 rings (SSSR count). The van der Waals surface area contributed by atoms with Crippen molar-refractivity contribution in [3.63, 3.8) is 0 Å². The van der Waals surface area contributed by atoms with Gasteiger partial charge in [-0.2, -0.15) is 0 Å². The predicted octanol–water partition coefficient (Wildman–Crippen LogP) is 4.89. The van der Waals surface area contributed by atoms with Crippen molar-refractivity contribution in [3.05, 3.63) is 51.1 Å². The lowest BCUT2D eigenvalue weighted by molar-refractivity contribution is -0.117. The Morgan fingerprint density at radius 3 is 2.50 bits per heavy atom. The van der Waals surface area contributed by atoms with Gasteiger partial charge in [0.05, 0.1) is 12.0 Å². The fourth-order valence-corrected chi connectivity index (χ4v) is 6.00. The zero-order valence-electron chi connectivity index (χ0n) is 18.0. The van der Waals surface area contributed by atoms with Crippen LogP contribution in [-0.2, 0) is 26.7 Å². The van der Waals surface area contributed by atoms with Gasteiger partial charge in [0.2, 0.25) is 0 Å². The molecule has 30 heavy (non-hydrogen) atoms. The highest BCUT2D eigenvalue weighted by Crippen LogP contribution is 2.44. The van der Waals surface area contributed by atoms with Gasteiger partial charge in [-0.05, 0) is 68.2 Å². The highest BCUT2D eigenvalue weighted by molar-refractivity contribution is 7.93. The van der Waals surface area contributed by atoms with Crippen molar-refractivity contribution in [2.45, 2.75) is 75.5 Å². The van der Waals surface area contributed by atoms with Crippen molar-refractivity contribution in [2.75, 3.05) is 0 Å². The average molecular weight is 453 g/mol. The normalized spacial score (nSPS) is 16.6. The Morgan fingerprint density at radius 2 is 2.00 bits per heavy atom. The number of nitrogens with zero attached hydrogens (tertiary/aromatic N) is 1. The van der Waals surface area contributed by atoms with E-state index < -0.39 is 27.2 Å². The van der Waals surface area contributed by atoms with Crippen LogP contribution in [-0.4, -0.2) is 15.2 Å². The van der Waals surface area contributed by atoms with Crippen LogP contribution >= 0.6 is 11.3 Å².